The Morgan fingerprint density at radius 2 is 2.12 bits per heavy atom. The molecule has 17 heavy (non-hydrogen) atoms. The SMILES string of the molecule is Cc1ccccc1CN(N)C1=C(N)CNCC1. The van der Waals surface area contributed by atoms with E-state index in [-0.39, 0.29) is 0 Å². The van der Waals surface area contributed by atoms with Crippen molar-refractivity contribution in [2.45, 2.75) is 19.9 Å². The summed E-state index contributed by atoms with van der Waals surface area (Å²) in [7, 11) is 0. The zero-order valence-electron chi connectivity index (χ0n) is 10.2. The smallest absolute Gasteiger partial charge is 0.0592 e. The lowest BCUT2D eigenvalue weighted by Gasteiger charge is -2.28. The predicted octanol–water partition coefficient (Wildman–Crippen LogP) is 0.834. The van der Waals surface area contributed by atoms with Gasteiger partial charge in [-0.2, -0.15) is 0 Å². The molecule has 1 aliphatic heterocycles. The molecule has 0 aromatic heterocycles. The van der Waals surface area contributed by atoms with Gasteiger partial charge in [-0.3, -0.25) is 0 Å². The Bertz CT molecular complexity index is 425. The summed E-state index contributed by atoms with van der Waals surface area (Å²) in [5, 5.41) is 5.01. The van der Waals surface area contributed by atoms with Gasteiger partial charge in [0, 0.05) is 25.2 Å². The summed E-state index contributed by atoms with van der Waals surface area (Å²) in [6.45, 7) is 4.49. The van der Waals surface area contributed by atoms with E-state index in [0.29, 0.717) is 6.54 Å². The molecule has 4 nitrogen and oxygen atoms in total. The summed E-state index contributed by atoms with van der Waals surface area (Å²) < 4.78 is 0. The van der Waals surface area contributed by atoms with Crippen molar-refractivity contribution in [1.82, 2.24) is 10.3 Å². The van der Waals surface area contributed by atoms with Crippen LogP contribution < -0.4 is 16.9 Å². The Hall–Kier alpha value is -1.52. The second-order valence-electron chi connectivity index (χ2n) is 4.45. The van der Waals surface area contributed by atoms with Crippen LogP contribution in [-0.2, 0) is 6.54 Å². The maximum absolute atomic E-state index is 6.11. The number of nitrogens with zero attached hydrogens (tertiary/aromatic N) is 1. The normalized spacial score (nSPS) is 16.1. The first-order chi connectivity index (χ1) is 8.18. The second-order valence-corrected chi connectivity index (χ2v) is 4.45. The molecule has 1 heterocycles. The third kappa shape index (κ3) is 2.78. The lowest BCUT2D eigenvalue weighted by molar-refractivity contribution is 0.323. The van der Waals surface area contributed by atoms with Crippen LogP contribution in [0, 0.1) is 6.92 Å². The fourth-order valence-corrected chi connectivity index (χ4v) is 2.09. The summed E-state index contributed by atoms with van der Waals surface area (Å²) in [5.74, 6) is 6.11. The van der Waals surface area contributed by atoms with Gasteiger partial charge in [-0.25, -0.2) is 5.84 Å². The van der Waals surface area contributed by atoms with E-state index in [9.17, 15) is 0 Å². The monoisotopic (exact) mass is 232 g/mol. The Kier molecular flexibility index (Phi) is 3.66. The molecule has 0 amide bonds. The van der Waals surface area contributed by atoms with Crippen LogP contribution in [-0.4, -0.2) is 18.1 Å². The largest absolute Gasteiger partial charge is 0.400 e. The van der Waals surface area contributed by atoms with Crippen molar-refractivity contribution in [1.29, 1.82) is 0 Å². The van der Waals surface area contributed by atoms with E-state index in [4.69, 9.17) is 11.6 Å². The Morgan fingerprint density at radius 1 is 1.35 bits per heavy atom. The molecule has 0 atom stereocenters. The van der Waals surface area contributed by atoms with Crippen molar-refractivity contribution in [3.63, 3.8) is 0 Å². The molecule has 1 aromatic carbocycles. The summed E-state index contributed by atoms with van der Waals surface area (Å²) >= 11 is 0. The number of hydrogen-bond acceptors (Lipinski definition) is 4. The topological polar surface area (TPSA) is 67.3 Å². The highest BCUT2D eigenvalue weighted by Crippen LogP contribution is 2.16. The van der Waals surface area contributed by atoms with Crippen LogP contribution in [0.15, 0.2) is 35.7 Å². The lowest BCUT2D eigenvalue weighted by atomic mass is 10.1. The number of benzene rings is 1. The highest BCUT2D eigenvalue weighted by Gasteiger charge is 2.14. The van der Waals surface area contributed by atoms with Gasteiger partial charge in [-0.1, -0.05) is 24.3 Å². The highest BCUT2D eigenvalue weighted by molar-refractivity contribution is 5.26. The lowest BCUT2D eigenvalue weighted by Crippen LogP contribution is -2.39. The Balaban J connectivity index is 2.11. The van der Waals surface area contributed by atoms with Crippen molar-refractivity contribution in [2.75, 3.05) is 13.1 Å². The molecule has 0 saturated carbocycles. The fraction of sp³-hybridized carbons (Fsp3) is 0.385. The number of hydrazine groups is 1. The van der Waals surface area contributed by atoms with Gasteiger partial charge in [0.2, 0.25) is 0 Å². The van der Waals surface area contributed by atoms with Crippen LogP contribution in [0.3, 0.4) is 0 Å². The van der Waals surface area contributed by atoms with Gasteiger partial charge in [0.05, 0.1) is 12.2 Å². The van der Waals surface area contributed by atoms with Crippen molar-refractivity contribution in [3.8, 4) is 0 Å². The predicted molar refractivity (Wildman–Crippen MR) is 69.6 cm³/mol. The first-order valence-corrected chi connectivity index (χ1v) is 5.93. The third-order valence-electron chi connectivity index (χ3n) is 3.17. The molecule has 0 saturated heterocycles. The van der Waals surface area contributed by atoms with Crippen molar-refractivity contribution in [3.05, 3.63) is 46.8 Å². The fourth-order valence-electron chi connectivity index (χ4n) is 2.09. The summed E-state index contributed by atoms with van der Waals surface area (Å²) in [6, 6.07) is 8.28. The second kappa shape index (κ2) is 5.21. The van der Waals surface area contributed by atoms with E-state index >= 15 is 0 Å². The first kappa shape index (κ1) is 12.0. The average molecular weight is 232 g/mol. The molecule has 4 heteroatoms. The molecule has 0 spiro atoms. The molecule has 1 aliphatic rings. The molecular formula is C13H20N4. The highest BCUT2D eigenvalue weighted by atomic mass is 15.4. The maximum atomic E-state index is 6.11. The van der Waals surface area contributed by atoms with Crippen LogP contribution in [0.2, 0.25) is 0 Å². The molecule has 92 valence electrons. The van der Waals surface area contributed by atoms with Crippen molar-refractivity contribution < 1.29 is 0 Å². The summed E-state index contributed by atoms with van der Waals surface area (Å²) in [5.41, 5.74) is 10.4. The summed E-state index contributed by atoms with van der Waals surface area (Å²) in [4.78, 5) is 0. The third-order valence-corrected chi connectivity index (χ3v) is 3.17. The molecule has 0 radical (unpaired) electrons. The van der Waals surface area contributed by atoms with E-state index in [1.165, 1.54) is 11.1 Å². The number of rotatable bonds is 3. The molecule has 1 aromatic rings. The molecular weight excluding hydrogens is 212 g/mol. The van der Waals surface area contributed by atoms with Gasteiger partial charge in [0.25, 0.3) is 0 Å². The van der Waals surface area contributed by atoms with E-state index in [1.807, 2.05) is 12.1 Å². The van der Waals surface area contributed by atoms with Crippen molar-refractivity contribution >= 4 is 0 Å². The van der Waals surface area contributed by atoms with Crippen LogP contribution in [0.4, 0.5) is 0 Å². The Morgan fingerprint density at radius 3 is 2.82 bits per heavy atom. The first-order valence-electron chi connectivity index (χ1n) is 5.93. The average Bonchev–Trinajstić information content (AvgIpc) is 2.32. The van der Waals surface area contributed by atoms with Gasteiger partial charge in [-0.05, 0) is 18.1 Å². The standard InChI is InChI=1S/C13H20N4/c1-10-4-2-3-5-11(10)9-17(15)13-6-7-16-8-12(13)14/h2-5,16H,6-9,14-15H2,1H3. The molecule has 0 unspecified atom stereocenters. The van der Waals surface area contributed by atoms with Crippen LogP contribution in [0.5, 0.6) is 0 Å². The number of hydrogen-bond donors (Lipinski definition) is 3. The van der Waals surface area contributed by atoms with Crippen LogP contribution in [0.25, 0.3) is 0 Å². The Labute approximate surface area is 102 Å². The molecule has 0 fully saturated rings. The van der Waals surface area contributed by atoms with Crippen LogP contribution >= 0.6 is 0 Å². The van der Waals surface area contributed by atoms with E-state index in [0.717, 1.165) is 30.9 Å². The molecule has 2 rings (SSSR count). The van der Waals surface area contributed by atoms with Crippen molar-refractivity contribution in [2.24, 2.45) is 11.6 Å². The van der Waals surface area contributed by atoms with Gasteiger partial charge in [0.1, 0.15) is 0 Å². The molecule has 0 aliphatic carbocycles. The molecule has 5 N–H and O–H groups in total. The number of nitrogens with one attached hydrogen (secondary N) is 1. The molecule has 0 bridgehead atoms. The van der Waals surface area contributed by atoms with E-state index in [1.54, 1.807) is 5.01 Å². The minimum Gasteiger partial charge on any atom is -0.400 e. The van der Waals surface area contributed by atoms with E-state index < -0.39 is 0 Å². The van der Waals surface area contributed by atoms with Crippen LogP contribution in [0.1, 0.15) is 17.5 Å². The minimum atomic E-state index is 0.711. The van der Waals surface area contributed by atoms with E-state index in [2.05, 4.69) is 24.4 Å². The number of nitrogens with two attached hydrogens (primary N) is 2. The quantitative estimate of drug-likeness (QED) is 0.533. The summed E-state index contributed by atoms with van der Waals surface area (Å²) in [6.07, 6.45) is 0.897. The maximum Gasteiger partial charge on any atom is 0.0592 e. The van der Waals surface area contributed by atoms with Gasteiger partial charge >= 0.3 is 0 Å². The van der Waals surface area contributed by atoms with Gasteiger partial charge < -0.3 is 16.1 Å². The van der Waals surface area contributed by atoms with Gasteiger partial charge in [-0.15, -0.1) is 0 Å². The minimum absolute atomic E-state index is 0.711. The zero-order valence-corrected chi connectivity index (χ0v) is 10.2. The zero-order chi connectivity index (χ0) is 12.3. The van der Waals surface area contributed by atoms with Gasteiger partial charge in [0.15, 0.2) is 0 Å². The number of aryl methyl sites for hydroxylation is 1.